The third-order valence-electron chi connectivity index (χ3n) is 3.30. The zero-order valence-electron chi connectivity index (χ0n) is 12.3. The minimum atomic E-state index is -0.317. The molecule has 20 heavy (non-hydrogen) atoms. The number of nitrogens with two attached hydrogens (primary N) is 1. The average Bonchev–Trinajstić information content (AvgIpc) is 2.38. The van der Waals surface area contributed by atoms with Crippen molar-refractivity contribution >= 4 is 17.3 Å². The Hall–Kier alpha value is -1.75. The van der Waals surface area contributed by atoms with E-state index in [2.05, 4.69) is 4.90 Å². The van der Waals surface area contributed by atoms with E-state index < -0.39 is 0 Å². The lowest BCUT2D eigenvalue weighted by Gasteiger charge is -2.37. The second kappa shape index (κ2) is 6.13. The Balaban J connectivity index is 2.26. The van der Waals surface area contributed by atoms with Crippen molar-refractivity contribution in [1.29, 1.82) is 0 Å². The van der Waals surface area contributed by atoms with Gasteiger partial charge in [-0.25, -0.2) is 4.79 Å². The molecule has 110 valence electrons. The van der Waals surface area contributed by atoms with E-state index in [9.17, 15) is 4.79 Å². The highest BCUT2D eigenvalue weighted by Gasteiger charge is 2.24. The molecule has 2 atom stereocenters. The number of carbonyl (C=O) groups is 1. The number of benzene rings is 1. The van der Waals surface area contributed by atoms with Gasteiger partial charge in [-0.2, -0.15) is 0 Å². The van der Waals surface area contributed by atoms with Crippen molar-refractivity contribution in [1.82, 2.24) is 0 Å². The normalized spacial score (nSPS) is 22.6. The molecule has 1 saturated heterocycles. The highest BCUT2D eigenvalue weighted by molar-refractivity contribution is 5.92. The summed E-state index contributed by atoms with van der Waals surface area (Å²) in [6.07, 6.45) is 0.286. The zero-order chi connectivity index (χ0) is 14.7. The van der Waals surface area contributed by atoms with Crippen molar-refractivity contribution in [3.05, 3.63) is 23.8 Å². The number of nitrogen functional groups attached to an aromatic ring is 1. The lowest BCUT2D eigenvalue weighted by atomic mass is 10.1. The largest absolute Gasteiger partial charge is 0.462 e. The monoisotopic (exact) mass is 278 g/mol. The van der Waals surface area contributed by atoms with Gasteiger partial charge in [0.05, 0.1) is 35.8 Å². The van der Waals surface area contributed by atoms with Crippen LogP contribution in [0, 0.1) is 0 Å². The summed E-state index contributed by atoms with van der Waals surface area (Å²) in [5.41, 5.74) is 8.12. The average molecular weight is 278 g/mol. The summed E-state index contributed by atoms with van der Waals surface area (Å²) in [4.78, 5) is 14.0. The molecule has 5 heteroatoms. The van der Waals surface area contributed by atoms with Gasteiger partial charge in [-0.15, -0.1) is 0 Å². The number of hydrogen-bond acceptors (Lipinski definition) is 5. The summed E-state index contributed by atoms with van der Waals surface area (Å²) in [6.45, 7) is 7.76. The zero-order valence-corrected chi connectivity index (χ0v) is 12.3. The maximum absolute atomic E-state index is 11.8. The molecule has 1 aromatic carbocycles. The highest BCUT2D eigenvalue weighted by atomic mass is 16.5. The Labute approximate surface area is 119 Å². The lowest BCUT2D eigenvalue weighted by molar-refractivity contribution is -0.00517. The Morgan fingerprint density at radius 3 is 2.65 bits per heavy atom. The van der Waals surface area contributed by atoms with Gasteiger partial charge >= 0.3 is 5.97 Å². The molecule has 1 fully saturated rings. The first kappa shape index (κ1) is 14.7. The van der Waals surface area contributed by atoms with Crippen LogP contribution in [0.1, 0.15) is 31.1 Å². The number of anilines is 2. The van der Waals surface area contributed by atoms with Crippen LogP contribution in [0.3, 0.4) is 0 Å². The molecular formula is C15H22N2O3. The first-order valence-corrected chi connectivity index (χ1v) is 6.98. The van der Waals surface area contributed by atoms with Gasteiger partial charge in [0.2, 0.25) is 0 Å². The molecule has 5 nitrogen and oxygen atoms in total. The summed E-state index contributed by atoms with van der Waals surface area (Å²) in [5, 5.41) is 0. The van der Waals surface area contributed by atoms with Crippen molar-refractivity contribution in [3.8, 4) is 0 Å². The minimum Gasteiger partial charge on any atom is -0.462 e. The molecular weight excluding hydrogens is 256 g/mol. The molecule has 0 saturated carbocycles. The van der Waals surface area contributed by atoms with Crippen LogP contribution in [0.2, 0.25) is 0 Å². The van der Waals surface area contributed by atoms with Gasteiger partial charge in [-0.05, 0) is 39.0 Å². The Bertz CT molecular complexity index is 480. The van der Waals surface area contributed by atoms with Gasteiger partial charge in [-0.3, -0.25) is 0 Å². The summed E-state index contributed by atoms with van der Waals surface area (Å²) in [7, 11) is 0. The van der Waals surface area contributed by atoms with E-state index >= 15 is 0 Å². The third-order valence-corrected chi connectivity index (χ3v) is 3.30. The SMILES string of the molecule is CCOC(=O)c1ccc(N)c(N2CC(C)OC(C)C2)c1. The molecule has 0 aromatic heterocycles. The predicted octanol–water partition coefficient (Wildman–Crippen LogP) is 2.06. The van der Waals surface area contributed by atoms with Crippen molar-refractivity contribution < 1.29 is 14.3 Å². The fourth-order valence-corrected chi connectivity index (χ4v) is 2.53. The Morgan fingerprint density at radius 1 is 1.40 bits per heavy atom. The second-order valence-corrected chi connectivity index (χ2v) is 5.16. The molecule has 2 rings (SSSR count). The maximum Gasteiger partial charge on any atom is 0.338 e. The van der Waals surface area contributed by atoms with E-state index in [0.717, 1.165) is 18.8 Å². The molecule has 0 spiro atoms. The fourth-order valence-electron chi connectivity index (χ4n) is 2.53. The summed E-state index contributed by atoms with van der Waals surface area (Å²) >= 11 is 0. The van der Waals surface area contributed by atoms with E-state index in [4.69, 9.17) is 15.2 Å². The topological polar surface area (TPSA) is 64.8 Å². The first-order valence-electron chi connectivity index (χ1n) is 6.98. The number of morpholine rings is 1. The second-order valence-electron chi connectivity index (χ2n) is 5.16. The van der Waals surface area contributed by atoms with Crippen molar-refractivity contribution in [2.45, 2.75) is 33.0 Å². The van der Waals surface area contributed by atoms with Crippen LogP contribution < -0.4 is 10.6 Å². The van der Waals surface area contributed by atoms with Crippen LogP contribution >= 0.6 is 0 Å². The van der Waals surface area contributed by atoms with Crippen molar-refractivity contribution in [3.63, 3.8) is 0 Å². The molecule has 2 N–H and O–H groups in total. The fraction of sp³-hybridized carbons (Fsp3) is 0.533. The molecule has 0 aliphatic carbocycles. The van der Waals surface area contributed by atoms with Gasteiger partial charge in [0.1, 0.15) is 0 Å². The molecule has 0 bridgehead atoms. The van der Waals surface area contributed by atoms with Gasteiger partial charge in [0.25, 0.3) is 0 Å². The van der Waals surface area contributed by atoms with Crippen LogP contribution in [0.15, 0.2) is 18.2 Å². The van der Waals surface area contributed by atoms with Crippen LogP contribution in [0.25, 0.3) is 0 Å². The van der Waals surface area contributed by atoms with Crippen LogP contribution in [0.5, 0.6) is 0 Å². The Morgan fingerprint density at radius 2 is 2.05 bits per heavy atom. The van der Waals surface area contributed by atoms with E-state index in [-0.39, 0.29) is 18.2 Å². The van der Waals surface area contributed by atoms with E-state index in [1.807, 2.05) is 13.8 Å². The quantitative estimate of drug-likeness (QED) is 0.677. The van der Waals surface area contributed by atoms with Crippen LogP contribution in [-0.2, 0) is 9.47 Å². The number of nitrogens with zero attached hydrogens (tertiary/aromatic N) is 1. The molecule has 1 aliphatic rings. The van der Waals surface area contributed by atoms with E-state index in [1.165, 1.54) is 0 Å². The van der Waals surface area contributed by atoms with Gasteiger partial charge < -0.3 is 20.1 Å². The number of carbonyl (C=O) groups excluding carboxylic acids is 1. The highest BCUT2D eigenvalue weighted by Crippen LogP contribution is 2.28. The molecule has 2 unspecified atom stereocenters. The standard InChI is InChI=1S/C15H22N2O3/c1-4-19-15(18)12-5-6-13(16)14(7-12)17-8-10(2)20-11(3)9-17/h5-7,10-11H,4,8-9,16H2,1-3H3. The van der Waals surface area contributed by atoms with Crippen molar-refractivity contribution in [2.75, 3.05) is 30.3 Å². The molecule has 1 heterocycles. The van der Waals surface area contributed by atoms with Gasteiger partial charge in [0.15, 0.2) is 0 Å². The number of rotatable bonds is 3. The summed E-state index contributed by atoms with van der Waals surface area (Å²) in [5.74, 6) is -0.317. The van der Waals surface area contributed by atoms with E-state index in [1.54, 1.807) is 25.1 Å². The van der Waals surface area contributed by atoms with Crippen LogP contribution in [-0.4, -0.2) is 37.9 Å². The lowest BCUT2D eigenvalue weighted by Crippen LogP contribution is -2.45. The van der Waals surface area contributed by atoms with Crippen molar-refractivity contribution in [2.24, 2.45) is 0 Å². The summed E-state index contributed by atoms with van der Waals surface area (Å²) in [6, 6.07) is 5.26. The maximum atomic E-state index is 11.8. The summed E-state index contributed by atoms with van der Waals surface area (Å²) < 4.78 is 10.7. The van der Waals surface area contributed by atoms with Gasteiger partial charge in [0, 0.05) is 13.1 Å². The predicted molar refractivity (Wildman–Crippen MR) is 79.0 cm³/mol. The van der Waals surface area contributed by atoms with E-state index in [0.29, 0.717) is 17.9 Å². The number of hydrogen-bond donors (Lipinski definition) is 1. The Kier molecular flexibility index (Phi) is 4.49. The molecule has 1 aliphatic heterocycles. The third kappa shape index (κ3) is 3.22. The molecule has 1 aromatic rings. The van der Waals surface area contributed by atoms with Gasteiger partial charge in [-0.1, -0.05) is 0 Å². The molecule has 0 amide bonds. The first-order chi connectivity index (χ1) is 9.51. The minimum absolute atomic E-state index is 0.143. The van der Waals surface area contributed by atoms with Crippen LogP contribution in [0.4, 0.5) is 11.4 Å². The smallest absolute Gasteiger partial charge is 0.338 e. The molecule has 0 radical (unpaired) electrons. The number of esters is 1. The number of ether oxygens (including phenoxy) is 2.